The van der Waals surface area contributed by atoms with Crippen LogP contribution in [0.3, 0.4) is 0 Å². The van der Waals surface area contributed by atoms with Gasteiger partial charge in [-0.15, -0.1) is 6.58 Å². The molecule has 0 aromatic heterocycles. The number of aliphatic hydroxyl groups is 3. The molecule has 3 aliphatic heterocycles. The number of hydrogen-bond acceptors (Lipinski definition) is 10. The molecule has 0 bridgehead atoms. The molecule has 0 amide bonds. The molecule has 1 unspecified atom stereocenters. The Bertz CT molecular complexity index is 832. The topological polar surface area (TPSA) is 165 Å². The maximum Gasteiger partial charge on any atom is 0.195 e. The lowest BCUT2D eigenvalue weighted by atomic mass is 9.79. The third kappa shape index (κ3) is 5.81. The van der Waals surface area contributed by atoms with Gasteiger partial charge in [-0.2, -0.15) is 0 Å². The number of ether oxygens (including phenoxy) is 5. The highest BCUT2D eigenvalue weighted by atomic mass is 28.4. The van der Waals surface area contributed by atoms with Crippen molar-refractivity contribution in [3.05, 3.63) is 23.1 Å². The molecule has 3 fully saturated rings. The van der Waals surface area contributed by atoms with E-state index >= 15 is 0 Å². The maximum absolute atomic E-state index is 11.3. The fourth-order valence-electron chi connectivity index (χ4n) is 4.76. The van der Waals surface area contributed by atoms with Crippen LogP contribution in [-0.2, 0) is 28.1 Å². The quantitative estimate of drug-likeness (QED) is 0.140. The highest BCUT2D eigenvalue weighted by Crippen LogP contribution is 2.45. The predicted molar refractivity (Wildman–Crippen MR) is 131 cm³/mol. The first-order valence-electron chi connectivity index (χ1n) is 12.3. The van der Waals surface area contributed by atoms with E-state index in [0.717, 1.165) is 0 Å². The second-order valence-electron chi connectivity index (χ2n) is 11.5. The fraction of sp³-hybridized carbons (Fsp3) is 0.913. The molecular formula is C23H41N3O9Si. The summed E-state index contributed by atoms with van der Waals surface area (Å²) in [7, 11) is -2.41. The molecule has 36 heavy (non-hydrogen) atoms. The first-order chi connectivity index (χ1) is 16.7. The van der Waals surface area contributed by atoms with E-state index in [-0.39, 0.29) is 11.6 Å². The van der Waals surface area contributed by atoms with Crippen molar-refractivity contribution in [2.75, 3.05) is 13.2 Å². The third-order valence-corrected chi connectivity index (χ3v) is 11.9. The van der Waals surface area contributed by atoms with Gasteiger partial charge in [-0.25, -0.2) is 0 Å². The van der Waals surface area contributed by atoms with Gasteiger partial charge in [0.05, 0.1) is 31.5 Å². The summed E-state index contributed by atoms with van der Waals surface area (Å²) in [6, 6.07) is -0.972. The van der Waals surface area contributed by atoms with E-state index in [1.165, 1.54) is 6.08 Å². The lowest BCUT2D eigenvalue weighted by Gasteiger charge is -2.52. The van der Waals surface area contributed by atoms with Gasteiger partial charge in [0.25, 0.3) is 0 Å². The molecule has 10 atom stereocenters. The highest BCUT2D eigenvalue weighted by Gasteiger charge is 2.60. The number of azide groups is 1. The molecule has 0 aromatic carbocycles. The van der Waals surface area contributed by atoms with Crippen molar-refractivity contribution in [3.8, 4) is 0 Å². The molecule has 206 valence electrons. The minimum atomic E-state index is -2.41. The average molecular weight is 532 g/mol. The zero-order valence-electron chi connectivity index (χ0n) is 22.1. The lowest BCUT2D eigenvalue weighted by Crippen LogP contribution is -2.67. The van der Waals surface area contributed by atoms with Crippen LogP contribution in [-0.4, -0.2) is 97.9 Å². The molecule has 0 radical (unpaired) electrons. The average Bonchev–Trinajstić information content (AvgIpc) is 3.11. The van der Waals surface area contributed by atoms with Crippen molar-refractivity contribution in [1.29, 1.82) is 0 Å². The highest BCUT2D eigenvalue weighted by molar-refractivity contribution is 6.74. The lowest BCUT2D eigenvalue weighted by molar-refractivity contribution is -0.309. The van der Waals surface area contributed by atoms with Crippen molar-refractivity contribution < 1.29 is 43.4 Å². The Morgan fingerprint density at radius 3 is 2.33 bits per heavy atom. The smallest absolute Gasteiger partial charge is 0.195 e. The van der Waals surface area contributed by atoms with E-state index in [2.05, 4.69) is 37.4 Å². The van der Waals surface area contributed by atoms with Crippen molar-refractivity contribution in [3.63, 3.8) is 0 Å². The van der Waals surface area contributed by atoms with Crippen LogP contribution in [0.5, 0.6) is 0 Å². The largest absolute Gasteiger partial charge is 0.394 e. The zero-order chi connectivity index (χ0) is 27.1. The van der Waals surface area contributed by atoms with Gasteiger partial charge in [0.1, 0.15) is 24.4 Å². The van der Waals surface area contributed by atoms with Crippen molar-refractivity contribution in [2.45, 2.75) is 114 Å². The Hall–Kier alpha value is -1.09. The van der Waals surface area contributed by atoms with E-state index in [0.29, 0.717) is 0 Å². The van der Waals surface area contributed by atoms with Gasteiger partial charge < -0.3 is 43.4 Å². The number of rotatable bonds is 8. The van der Waals surface area contributed by atoms with Gasteiger partial charge in [-0.05, 0) is 37.5 Å². The summed E-state index contributed by atoms with van der Waals surface area (Å²) in [6.07, 6.45) is -6.88. The number of fused-ring (bicyclic) bond motifs is 1. The third-order valence-electron chi connectivity index (χ3n) is 7.52. The molecule has 3 saturated heterocycles. The Labute approximate surface area is 213 Å². The second kappa shape index (κ2) is 10.9. The summed E-state index contributed by atoms with van der Waals surface area (Å²) in [4.78, 5) is 3.01. The Morgan fingerprint density at radius 2 is 1.78 bits per heavy atom. The minimum absolute atomic E-state index is 0.0909. The summed E-state index contributed by atoms with van der Waals surface area (Å²) < 4.78 is 36.2. The standard InChI is InChI=1S/C23H41N3O9Si/c1-9-10-30-16-13(17-15(28)18-19(20(29)32-17)34-23(5,6)33-18)12(11-27)31-21(14(16)25-26-24)35-36(7,8)22(2,3)4/h9,12-21,27-29H,1,10-11H2,2-8H3/t12-,13?,14-,15+,16-,17+,18-,19-,20+,21+/m1/s1. The molecule has 0 spiro atoms. The van der Waals surface area contributed by atoms with Crippen molar-refractivity contribution in [1.82, 2.24) is 0 Å². The number of hydrogen-bond donors (Lipinski definition) is 3. The first-order valence-corrected chi connectivity index (χ1v) is 15.2. The zero-order valence-corrected chi connectivity index (χ0v) is 23.1. The molecule has 3 heterocycles. The van der Waals surface area contributed by atoms with E-state index in [4.69, 9.17) is 28.1 Å². The molecule has 3 aliphatic rings. The van der Waals surface area contributed by atoms with E-state index in [1.54, 1.807) is 13.8 Å². The summed E-state index contributed by atoms with van der Waals surface area (Å²) in [5.41, 5.74) is 9.41. The predicted octanol–water partition coefficient (Wildman–Crippen LogP) is 2.19. The first kappa shape index (κ1) is 29.5. The molecule has 0 aromatic rings. The summed E-state index contributed by atoms with van der Waals surface area (Å²) in [5, 5.41) is 36.2. The SMILES string of the molecule is C=CCO[C@@H]1C([C@@H]2O[C@H](O)[C@@H]3OC(C)(C)O[C@@H]3[C@H]2O)[C@@H](CO)O[C@@H](O[Si](C)(C)C(C)(C)C)[C@@H]1N=[N+]=[N-]. The second-order valence-corrected chi connectivity index (χ2v) is 16.3. The Balaban J connectivity index is 2.00. The van der Waals surface area contributed by atoms with Crippen LogP contribution in [0.1, 0.15) is 34.6 Å². The van der Waals surface area contributed by atoms with Crippen molar-refractivity contribution >= 4 is 8.32 Å². The summed E-state index contributed by atoms with van der Waals surface area (Å²) in [6.45, 7) is 17.0. The Kier molecular flexibility index (Phi) is 8.96. The summed E-state index contributed by atoms with van der Waals surface area (Å²) >= 11 is 0. The van der Waals surface area contributed by atoms with Gasteiger partial charge in [0.15, 0.2) is 26.7 Å². The number of aliphatic hydroxyl groups excluding tert-OH is 3. The monoisotopic (exact) mass is 531 g/mol. The van der Waals surface area contributed by atoms with Crippen LogP contribution >= 0.6 is 0 Å². The van der Waals surface area contributed by atoms with Gasteiger partial charge in [0, 0.05) is 10.8 Å². The van der Waals surface area contributed by atoms with Crippen LogP contribution in [0.15, 0.2) is 17.8 Å². The van der Waals surface area contributed by atoms with Crippen LogP contribution in [0.4, 0.5) is 0 Å². The van der Waals surface area contributed by atoms with Gasteiger partial charge >= 0.3 is 0 Å². The molecule has 13 heteroatoms. The maximum atomic E-state index is 11.3. The van der Waals surface area contributed by atoms with Gasteiger partial charge in [-0.1, -0.05) is 32.0 Å². The molecule has 0 aliphatic carbocycles. The molecule has 3 rings (SSSR count). The van der Waals surface area contributed by atoms with Crippen LogP contribution in [0.25, 0.3) is 10.4 Å². The van der Waals surface area contributed by atoms with Crippen molar-refractivity contribution in [2.24, 2.45) is 11.0 Å². The van der Waals surface area contributed by atoms with Gasteiger partial charge in [0.2, 0.25) is 0 Å². The van der Waals surface area contributed by atoms with E-state index in [1.807, 2.05) is 13.1 Å². The molecule has 3 N–H and O–H groups in total. The molecule has 12 nitrogen and oxygen atoms in total. The van der Waals surface area contributed by atoms with E-state index in [9.17, 15) is 20.9 Å². The number of nitrogens with zero attached hydrogens (tertiary/aromatic N) is 3. The molecule has 0 saturated carbocycles. The fourth-order valence-corrected chi connectivity index (χ4v) is 5.89. The van der Waals surface area contributed by atoms with Crippen LogP contribution in [0.2, 0.25) is 18.1 Å². The molecular weight excluding hydrogens is 490 g/mol. The van der Waals surface area contributed by atoms with Gasteiger partial charge in [-0.3, -0.25) is 0 Å². The Morgan fingerprint density at radius 1 is 1.14 bits per heavy atom. The minimum Gasteiger partial charge on any atom is -0.394 e. The van der Waals surface area contributed by atoms with Crippen LogP contribution in [0, 0.1) is 5.92 Å². The van der Waals surface area contributed by atoms with E-state index < -0.39 is 81.9 Å². The summed E-state index contributed by atoms with van der Waals surface area (Å²) in [5.74, 6) is -1.90. The van der Waals surface area contributed by atoms with Crippen LogP contribution < -0.4 is 0 Å². The normalized spacial score (nSPS) is 40.8.